The van der Waals surface area contributed by atoms with Crippen molar-refractivity contribution in [2.45, 2.75) is 79.4 Å². The first kappa shape index (κ1) is 30.8. The number of phenolic OH excluding ortho intramolecular Hbond substituents is 1. The molecule has 0 radical (unpaired) electrons. The molecule has 0 spiro atoms. The Morgan fingerprint density at radius 3 is 2.09 bits per heavy atom. The summed E-state index contributed by atoms with van der Waals surface area (Å²) >= 11 is 0. The van der Waals surface area contributed by atoms with Gasteiger partial charge in [0.15, 0.2) is 0 Å². The van der Waals surface area contributed by atoms with Gasteiger partial charge in [-0.15, -0.1) is 0 Å². The molecule has 0 aliphatic heterocycles. The number of phenols is 1. The third kappa shape index (κ3) is 7.47. The van der Waals surface area contributed by atoms with Crippen LogP contribution in [0.1, 0.15) is 97.7 Å². The average Bonchev–Trinajstić information content (AvgIpc) is 3.64. The highest BCUT2D eigenvalue weighted by Gasteiger charge is 2.23. The minimum absolute atomic E-state index is 0.00437. The number of para-hydroxylation sites is 2. The number of pyridine rings is 1. The number of aromatic nitrogens is 3. The molecule has 0 fully saturated rings. The third-order valence-electron chi connectivity index (χ3n) is 11.0. The number of aryl methyl sites for hydroxylation is 2. The van der Waals surface area contributed by atoms with Crippen LogP contribution in [0.4, 0.5) is 0 Å². The maximum absolute atomic E-state index is 11.4. The predicted molar refractivity (Wildman–Crippen MR) is 244 cm³/mol. The van der Waals surface area contributed by atoms with Gasteiger partial charge in [0.1, 0.15) is 11.6 Å². The summed E-state index contributed by atoms with van der Waals surface area (Å²) in [5, 5.41) is 11.4. The summed E-state index contributed by atoms with van der Waals surface area (Å²) in [5.41, 5.74) is 11.9. The van der Waals surface area contributed by atoms with Crippen LogP contribution in [0.3, 0.4) is 0 Å². The molecule has 0 aliphatic carbocycles. The Morgan fingerprint density at radius 2 is 1.36 bits per heavy atom. The predicted octanol–water partition coefficient (Wildman–Crippen LogP) is 14.6. The Labute approximate surface area is 353 Å². The fourth-order valence-corrected chi connectivity index (χ4v) is 7.57. The van der Waals surface area contributed by atoms with Crippen molar-refractivity contribution in [1.29, 1.82) is 0 Å². The molecule has 0 amide bonds. The van der Waals surface area contributed by atoms with Crippen molar-refractivity contribution in [3.63, 3.8) is 0 Å². The lowest BCUT2D eigenvalue weighted by atomic mass is 9.83. The highest BCUT2D eigenvalue weighted by atomic mass is 16.3. The summed E-state index contributed by atoms with van der Waals surface area (Å²) in [7, 11) is 0. The smallest absolute Gasteiger partial charge is 0.149 e. The molecule has 4 heteroatoms. The van der Waals surface area contributed by atoms with E-state index < -0.39 is 19.6 Å². The molecular formula is C54H53N3O. The first-order valence-electron chi connectivity index (χ1n) is 23.3. The van der Waals surface area contributed by atoms with E-state index in [0.717, 1.165) is 61.3 Å². The van der Waals surface area contributed by atoms with Gasteiger partial charge in [0, 0.05) is 26.9 Å². The number of hydrogen-bond donors (Lipinski definition) is 1. The van der Waals surface area contributed by atoms with E-state index in [0.29, 0.717) is 28.1 Å². The number of hydrogen-bond acceptors (Lipinski definition) is 3. The molecule has 6 aromatic carbocycles. The monoisotopic (exact) mass is 766 g/mol. The molecule has 290 valence electrons. The minimum atomic E-state index is -2.54. The average molecular weight is 767 g/mol. The normalized spacial score (nSPS) is 14.3. The van der Waals surface area contributed by atoms with Crippen molar-refractivity contribution >= 4 is 11.0 Å². The topological polar surface area (TPSA) is 50.9 Å². The maximum Gasteiger partial charge on any atom is 0.149 e. The van der Waals surface area contributed by atoms with Gasteiger partial charge in [0.05, 0.1) is 28.0 Å². The van der Waals surface area contributed by atoms with Crippen LogP contribution in [0.15, 0.2) is 140 Å². The van der Waals surface area contributed by atoms with Crippen LogP contribution in [0.5, 0.6) is 5.75 Å². The molecule has 8 aromatic rings. The van der Waals surface area contributed by atoms with Crippen molar-refractivity contribution in [2.24, 2.45) is 0 Å². The SMILES string of the molecule is [2H]C([2H])([2H])c1ccc(-c2ccnc(-c3cc(-c4cccc5c4nc(-c4ccccc4O)n5-c4ccc(-c5cc(C(C)C)cc(C([2H])(C)C)c5)cc4C([2H])([2H])[2H])cc(C(C)(C)C)c3)c2)cc1. The Balaban J connectivity index is 1.34. The van der Waals surface area contributed by atoms with Gasteiger partial charge < -0.3 is 5.11 Å². The molecule has 2 aromatic heterocycles. The number of fused-ring (bicyclic) bond motifs is 1. The molecule has 0 unspecified atom stereocenters. The molecule has 2 heterocycles. The van der Waals surface area contributed by atoms with Gasteiger partial charge in [-0.1, -0.05) is 133 Å². The molecule has 0 saturated heterocycles. The van der Waals surface area contributed by atoms with Crippen LogP contribution in [0.25, 0.3) is 72.7 Å². The summed E-state index contributed by atoms with van der Waals surface area (Å²) in [6.45, 7) is 9.67. The lowest BCUT2D eigenvalue weighted by Gasteiger charge is -2.22. The second-order valence-electron chi connectivity index (χ2n) is 16.7. The quantitative estimate of drug-likeness (QED) is 0.168. The van der Waals surface area contributed by atoms with Crippen molar-refractivity contribution in [1.82, 2.24) is 14.5 Å². The van der Waals surface area contributed by atoms with Gasteiger partial charge in [0.25, 0.3) is 0 Å². The Kier molecular flexibility index (Phi) is 8.10. The van der Waals surface area contributed by atoms with Gasteiger partial charge >= 0.3 is 0 Å². The van der Waals surface area contributed by atoms with Gasteiger partial charge in [-0.05, 0) is 136 Å². The largest absolute Gasteiger partial charge is 0.507 e. The number of imidazole rings is 1. The lowest BCUT2D eigenvalue weighted by Crippen LogP contribution is -2.11. The zero-order valence-corrected chi connectivity index (χ0v) is 34.1. The number of benzene rings is 6. The molecular weight excluding hydrogens is 707 g/mol. The van der Waals surface area contributed by atoms with Crippen molar-refractivity contribution < 1.29 is 14.7 Å². The van der Waals surface area contributed by atoms with E-state index in [1.807, 2.05) is 85.1 Å². The van der Waals surface area contributed by atoms with Crippen molar-refractivity contribution in [3.8, 4) is 67.5 Å². The van der Waals surface area contributed by atoms with E-state index in [1.165, 1.54) is 0 Å². The number of nitrogens with zero attached hydrogens (tertiary/aromatic N) is 3. The second-order valence-corrected chi connectivity index (χ2v) is 16.7. The molecule has 0 saturated carbocycles. The summed E-state index contributed by atoms with van der Waals surface area (Å²) in [5.74, 6) is -0.280. The van der Waals surface area contributed by atoms with E-state index >= 15 is 0 Å². The van der Waals surface area contributed by atoms with Gasteiger partial charge in [0.2, 0.25) is 0 Å². The van der Waals surface area contributed by atoms with E-state index in [4.69, 9.17) is 19.6 Å². The van der Waals surface area contributed by atoms with Gasteiger partial charge in [-0.25, -0.2) is 4.98 Å². The number of aromatic hydroxyl groups is 1. The van der Waals surface area contributed by atoms with Gasteiger partial charge in [-0.2, -0.15) is 0 Å². The van der Waals surface area contributed by atoms with E-state index in [1.54, 1.807) is 42.6 Å². The first-order chi connectivity index (χ1) is 30.5. The third-order valence-corrected chi connectivity index (χ3v) is 11.0. The first-order valence-corrected chi connectivity index (χ1v) is 19.8. The highest BCUT2D eigenvalue weighted by Crippen LogP contribution is 2.41. The molecule has 58 heavy (non-hydrogen) atoms. The van der Waals surface area contributed by atoms with Crippen LogP contribution in [0, 0.1) is 13.7 Å². The number of rotatable bonds is 8. The zero-order valence-electron chi connectivity index (χ0n) is 41.1. The highest BCUT2D eigenvalue weighted by molar-refractivity contribution is 5.97. The standard InChI is InChI=1S/C54H53N3O/c1-33(2)40-26-41(34(3)4)28-42(27-40)38-21-22-49(36(6)25-38)57-50-15-12-14-46(52(50)56-53(57)47-13-10-11-16-51(47)58)43-29-44(31-45(30-43)54(7,8)9)48-32-39(23-24-55-48)37-19-17-35(5)18-20-37/h10-34,58H,1-9H3/i5D3,6D3,33D. The Hall–Kier alpha value is -6.26. The fourth-order valence-electron chi connectivity index (χ4n) is 7.57. The summed E-state index contributed by atoms with van der Waals surface area (Å²) in [6.07, 6.45) is 1.76. The lowest BCUT2D eigenvalue weighted by molar-refractivity contribution is 0.477. The molecule has 4 nitrogen and oxygen atoms in total. The Bertz CT molecular complexity index is 3080. The van der Waals surface area contributed by atoms with Gasteiger partial charge in [-0.3, -0.25) is 9.55 Å². The molecule has 8 rings (SSSR count). The maximum atomic E-state index is 11.4. The van der Waals surface area contributed by atoms with Crippen LogP contribution in [-0.2, 0) is 5.41 Å². The van der Waals surface area contributed by atoms with Crippen molar-refractivity contribution in [2.75, 3.05) is 0 Å². The van der Waals surface area contributed by atoms with E-state index in [9.17, 15) is 5.11 Å². The van der Waals surface area contributed by atoms with Crippen LogP contribution in [-0.4, -0.2) is 19.6 Å². The molecule has 0 bridgehead atoms. The minimum Gasteiger partial charge on any atom is -0.507 e. The molecule has 1 N–H and O–H groups in total. The van der Waals surface area contributed by atoms with Crippen LogP contribution < -0.4 is 0 Å². The van der Waals surface area contributed by atoms with E-state index in [-0.39, 0.29) is 28.2 Å². The molecule has 0 atom stereocenters. The van der Waals surface area contributed by atoms with E-state index in [2.05, 4.69) is 65.0 Å². The zero-order chi connectivity index (χ0) is 46.8. The Morgan fingerprint density at radius 1 is 0.638 bits per heavy atom. The van der Waals surface area contributed by atoms with Crippen molar-refractivity contribution in [3.05, 3.63) is 167 Å². The van der Waals surface area contributed by atoms with Crippen LogP contribution in [0.2, 0.25) is 0 Å². The summed E-state index contributed by atoms with van der Waals surface area (Å²) in [4.78, 5) is 10.1. The fraction of sp³-hybridized carbons (Fsp3) is 0.222. The molecule has 0 aliphatic rings. The summed E-state index contributed by atoms with van der Waals surface area (Å²) in [6, 6.07) is 41.7. The van der Waals surface area contributed by atoms with Crippen LogP contribution >= 0.6 is 0 Å². The second kappa shape index (κ2) is 15.2. The summed E-state index contributed by atoms with van der Waals surface area (Å²) < 4.78 is 60.8.